The first-order chi connectivity index (χ1) is 7.68. The molecule has 84 valence electrons. The molecule has 0 amide bonds. The molecule has 0 saturated carbocycles. The molecule has 0 aliphatic heterocycles. The summed E-state index contributed by atoms with van der Waals surface area (Å²) in [6.07, 6.45) is 3.84. The van der Waals surface area contributed by atoms with Crippen LogP contribution in [0.15, 0.2) is 23.1 Å². The van der Waals surface area contributed by atoms with E-state index in [-0.39, 0.29) is 5.89 Å². The Morgan fingerprint density at radius 1 is 1.44 bits per heavy atom. The molecule has 2 aromatic rings. The van der Waals surface area contributed by atoms with Gasteiger partial charge >= 0.3 is 0 Å². The van der Waals surface area contributed by atoms with Gasteiger partial charge in [0.15, 0.2) is 0 Å². The molecule has 16 heavy (non-hydrogen) atoms. The Balaban J connectivity index is 2.27. The van der Waals surface area contributed by atoms with Crippen molar-refractivity contribution in [1.82, 2.24) is 20.1 Å². The number of hydrogen-bond acceptors (Lipinski definition) is 7. The molecule has 0 aliphatic rings. The number of hydrogen-bond donors (Lipinski definition) is 2. The standard InChI is InChI=1S/C9H11N5O2/c1-5(15)7(10)9-13-8(14-16-9)6-4-11-2-3-12-6/h2-5,7,15H,10H2,1H3/t5-,7+/m1/s1. The number of rotatable bonds is 3. The topological polar surface area (TPSA) is 111 Å². The van der Waals surface area contributed by atoms with E-state index in [2.05, 4.69) is 20.1 Å². The predicted octanol–water partition coefficient (Wildman–Crippen LogP) is -0.0928. The average molecular weight is 221 g/mol. The third-order valence-electron chi connectivity index (χ3n) is 2.04. The fraction of sp³-hybridized carbons (Fsp3) is 0.333. The second-order valence-electron chi connectivity index (χ2n) is 3.31. The molecule has 3 N–H and O–H groups in total. The summed E-state index contributed by atoms with van der Waals surface area (Å²) >= 11 is 0. The van der Waals surface area contributed by atoms with Crippen LogP contribution in [0.4, 0.5) is 0 Å². The zero-order valence-electron chi connectivity index (χ0n) is 8.61. The molecular formula is C9H11N5O2. The highest BCUT2D eigenvalue weighted by Gasteiger charge is 2.20. The zero-order chi connectivity index (χ0) is 11.5. The second kappa shape index (κ2) is 4.33. The van der Waals surface area contributed by atoms with Crippen molar-refractivity contribution in [3.05, 3.63) is 24.5 Å². The van der Waals surface area contributed by atoms with Crippen LogP contribution >= 0.6 is 0 Å². The van der Waals surface area contributed by atoms with Crippen molar-refractivity contribution in [2.45, 2.75) is 19.1 Å². The molecule has 2 heterocycles. The number of aliphatic hydroxyl groups excluding tert-OH is 1. The average Bonchev–Trinajstić information content (AvgIpc) is 2.78. The lowest BCUT2D eigenvalue weighted by atomic mass is 10.2. The van der Waals surface area contributed by atoms with Crippen molar-refractivity contribution in [2.24, 2.45) is 5.73 Å². The summed E-state index contributed by atoms with van der Waals surface area (Å²) in [6.45, 7) is 1.55. The third kappa shape index (κ3) is 2.05. The van der Waals surface area contributed by atoms with Crippen molar-refractivity contribution in [3.8, 4) is 11.5 Å². The van der Waals surface area contributed by atoms with Crippen LogP contribution in [0.2, 0.25) is 0 Å². The van der Waals surface area contributed by atoms with E-state index in [4.69, 9.17) is 10.3 Å². The SMILES string of the molecule is C[C@@H](O)[C@H](N)c1nc(-c2cnccn2)no1. The molecule has 0 aliphatic carbocycles. The summed E-state index contributed by atoms with van der Waals surface area (Å²) in [5.41, 5.74) is 6.14. The Hall–Kier alpha value is -1.86. The zero-order valence-corrected chi connectivity index (χ0v) is 8.61. The molecule has 2 atom stereocenters. The molecule has 7 nitrogen and oxygen atoms in total. The number of nitrogens with two attached hydrogens (primary N) is 1. The minimum Gasteiger partial charge on any atom is -0.391 e. The van der Waals surface area contributed by atoms with Gasteiger partial charge in [0.25, 0.3) is 0 Å². The molecule has 2 aromatic heterocycles. The van der Waals surface area contributed by atoms with Gasteiger partial charge in [0, 0.05) is 12.4 Å². The lowest BCUT2D eigenvalue weighted by Gasteiger charge is -2.08. The van der Waals surface area contributed by atoms with Gasteiger partial charge in [-0.2, -0.15) is 4.98 Å². The summed E-state index contributed by atoms with van der Waals surface area (Å²) in [5, 5.41) is 13.0. The van der Waals surface area contributed by atoms with Crippen molar-refractivity contribution in [3.63, 3.8) is 0 Å². The van der Waals surface area contributed by atoms with Crippen LogP contribution in [0.3, 0.4) is 0 Å². The van der Waals surface area contributed by atoms with Gasteiger partial charge in [-0.3, -0.25) is 4.98 Å². The van der Waals surface area contributed by atoms with Crippen LogP contribution in [0.25, 0.3) is 11.5 Å². The molecule has 0 bridgehead atoms. The number of aromatic nitrogens is 4. The monoisotopic (exact) mass is 221 g/mol. The van der Waals surface area contributed by atoms with Crippen LogP contribution in [0, 0.1) is 0 Å². The quantitative estimate of drug-likeness (QED) is 0.744. The molecule has 0 radical (unpaired) electrons. The van der Waals surface area contributed by atoms with Gasteiger partial charge < -0.3 is 15.4 Å². The van der Waals surface area contributed by atoms with E-state index >= 15 is 0 Å². The van der Waals surface area contributed by atoms with E-state index in [1.807, 2.05) is 0 Å². The van der Waals surface area contributed by atoms with E-state index in [0.29, 0.717) is 11.5 Å². The fourth-order valence-corrected chi connectivity index (χ4v) is 1.10. The third-order valence-corrected chi connectivity index (χ3v) is 2.04. The summed E-state index contributed by atoms with van der Waals surface area (Å²) < 4.78 is 4.93. The highest BCUT2D eigenvalue weighted by atomic mass is 16.5. The van der Waals surface area contributed by atoms with E-state index < -0.39 is 12.1 Å². The van der Waals surface area contributed by atoms with E-state index in [0.717, 1.165) is 0 Å². The lowest BCUT2D eigenvalue weighted by Crippen LogP contribution is -2.23. The molecule has 0 unspecified atom stereocenters. The van der Waals surface area contributed by atoms with E-state index in [9.17, 15) is 5.11 Å². The lowest BCUT2D eigenvalue weighted by molar-refractivity contribution is 0.146. The Bertz CT molecular complexity index is 456. The van der Waals surface area contributed by atoms with Gasteiger partial charge in [0.05, 0.1) is 12.3 Å². The van der Waals surface area contributed by atoms with Crippen LogP contribution in [-0.2, 0) is 0 Å². The van der Waals surface area contributed by atoms with Gasteiger partial charge in [0.2, 0.25) is 11.7 Å². The molecule has 0 spiro atoms. The fourth-order valence-electron chi connectivity index (χ4n) is 1.10. The maximum Gasteiger partial charge on any atom is 0.246 e. The van der Waals surface area contributed by atoms with Gasteiger partial charge in [0.1, 0.15) is 11.7 Å². The highest BCUT2D eigenvalue weighted by Crippen LogP contribution is 2.16. The molecule has 0 fully saturated rings. The molecule has 2 rings (SSSR count). The Morgan fingerprint density at radius 2 is 2.25 bits per heavy atom. The maximum absolute atomic E-state index is 9.27. The molecule has 0 aromatic carbocycles. The largest absolute Gasteiger partial charge is 0.391 e. The summed E-state index contributed by atoms with van der Waals surface area (Å²) in [6, 6.07) is -0.696. The normalized spacial score (nSPS) is 14.7. The van der Waals surface area contributed by atoms with Gasteiger partial charge in [-0.25, -0.2) is 4.98 Å². The van der Waals surface area contributed by atoms with Crippen LogP contribution in [-0.4, -0.2) is 31.3 Å². The predicted molar refractivity (Wildman–Crippen MR) is 53.9 cm³/mol. The molecule has 7 heteroatoms. The number of nitrogens with zero attached hydrogens (tertiary/aromatic N) is 4. The number of aliphatic hydroxyl groups is 1. The minimum absolute atomic E-state index is 0.177. The van der Waals surface area contributed by atoms with Crippen LogP contribution in [0.1, 0.15) is 18.9 Å². The van der Waals surface area contributed by atoms with Crippen molar-refractivity contribution < 1.29 is 9.63 Å². The summed E-state index contributed by atoms with van der Waals surface area (Å²) in [5.74, 6) is 0.481. The second-order valence-corrected chi connectivity index (χ2v) is 3.31. The highest BCUT2D eigenvalue weighted by molar-refractivity contribution is 5.45. The van der Waals surface area contributed by atoms with Gasteiger partial charge in [-0.15, -0.1) is 0 Å². The minimum atomic E-state index is -0.754. The Morgan fingerprint density at radius 3 is 2.88 bits per heavy atom. The first kappa shape index (κ1) is 10.7. The van der Waals surface area contributed by atoms with Gasteiger partial charge in [-0.05, 0) is 6.92 Å². The first-order valence-corrected chi connectivity index (χ1v) is 4.72. The van der Waals surface area contributed by atoms with E-state index in [1.165, 1.54) is 12.4 Å². The molecule has 0 saturated heterocycles. The van der Waals surface area contributed by atoms with E-state index in [1.54, 1.807) is 13.1 Å². The first-order valence-electron chi connectivity index (χ1n) is 4.72. The maximum atomic E-state index is 9.27. The van der Waals surface area contributed by atoms with Gasteiger partial charge in [-0.1, -0.05) is 5.16 Å². The smallest absolute Gasteiger partial charge is 0.246 e. The van der Waals surface area contributed by atoms with Crippen molar-refractivity contribution >= 4 is 0 Å². The van der Waals surface area contributed by atoms with Crippen LogP contribution < -0.4 is 5.73 Å². The van der Waals surface area contributed by atoms with Crippen LogP contribution in [0.5, 0.6) is 0 Å². The Kier molecular flexibility index (Phi) is 2.88. The summed E-state index contributed by atoms with van der Waals surface area (Å²) in [7, 11) is 0. The van der Waals surface area contributed by atoms with Crippen molar-refractivity contribution in [1.29, 1.82) is 0 Å². The Labute approximate surface area is 91.3 Å². The van der Waals surface area contributed by atoms with Crippen molar-refractivity contribution in [2.75, 3.05) is 0 Å². The molecular weight excluding hydrogens is 210 g/mol. The summed E-state index contributed by atoms with van der Waals surface area (Å²) in [4.78, 5) is 11.9.